The summed E-state index contributed by atoms with van der Waals surface area (Å²) in [6.07, 6.45) is 3.38. The number of hydrogen-bond donors (Lipinski definition) is 2. The SMILES string of the molecule is Cc1ccc2c(/C=N/Nc3ccccn3)ccc(O)c2n1. The minimum Gasteiger partial charge on any atom is -0.506 e. The van der Waals surface area contributed by atoms with Crippen LogP contribution in [0.5, 0.6) is 5.75 Å². The minimum absolute atomic E-state index is 0.170. The van der Waals surface area contributed by atoms with Gasteiger partial charge in [0, 0.05) is 22.8 Å². The maximum Gasteiger partial charge on any atom is 0.146 e. The van der Waals surface area contributed by atoms with Crippen LogP contribution >= 0.6 is 0 Å². The Hall–Kier alpha value is -2.95. The van der Waals surface area contributed by atoms with Crippen molar-refractivity contribution in [2.75, 3.05) is 5.43 Å². The quantitative estimate of drug-likeness (QED) is 0.570. The minimum atomic E-state index is 0.170. The molecule has 5 nitrogen and oxygen atoms in total. The first-order valence-electron chi connectivity index (χ1n) is 6.53. The highest BCUT2D eigenvalue weighted by Gasteiger charge is 2.05. The number of aromatic hydroxyl groups is 1. The molecule has 5 heteroatoms. The van der Waals surface area contributed by atoms with Crippen LogP contribution in [0.1, 0.15) is 11.3 Å². The Morgan fingerprint density at radius 2 is 2.05 bits per heavy atom. The molecule has 0 spiro atoms. The van der Waals surface area contributed by atoms with Gasteiger partial charge in [-0.2, -0.15) is 5.10 Å². The first-order chi connectivity index (χ1) is 10.2. The highest BCUT2D eigenvalue weighted by atomic mass is 16.3. The zero-order valence-electron chi connectivity index (χ0n) is 11.5. The zero-order valence-corrected chi connectivity index (χ0v) is 11.5. The Bertz CT molecular complexity index is 800. The lowest BCUT2D eigenvalue weighted by Crippen LogP contribution is -1.94. The number of hydrogen-bond acceptors (Lipinski definition) is 5. The number of nitrogens with zero attached hydrogens (tertiary/aromatic N) is 3. The summed E-state index contributed by atoms with van der Waals surface area (Å²) in [5.41, 5.74) is 5.17. The van der Waals surface area contributed by atoms with E-state index in [1.54, 1.807) is 24.5 Å². The van der Waals surface area contributed by atoms with Crippen LogP contribution in [0.15, 0.2) is 53.8 Å². The van der Waals surface area contributed by atoms with Crippen molar-refractivity contribution >= 4 is 22.9 Å². The average molecular weight is 278 g/mol. The molecule has 2 heterocycles. The number of pyridine rings is 2. The van der Waals surface area contributed by atoms with E-state index in [0.29, 0.717) is 11.3 Å². The summed E-state index contributed by atoms with van der Waals surface area (Å²) < 4.78 is 0. The highest BCUT2D eigenvalue weighted by Crippen LogP contribution is 2.25. The summed E-state index contributed by atoms with van der Waals surface area (Å²) in [6, 6.07) is 12.8. The summed E-state index contributed by atoms with van der Waals surface area (Å²) >= 11 is 0. The van der Waals surface area contributed by atoms with Gasteiger partial charge >= 0.3 is 0 Å². The van der Waals surface area contributed by atoms with Gasteiger partial charge in [-0.15, -0.1) is 0 Å². The number of aryl methyl sites for hydroxylation is 1. The molecule has 3 aromatic rings. The number of aromatic nitrogens is 2. The number of benzene rings is 1. The number of anilines is 1. The van der Waals surface area contributed by atoms with Crippen LogP contribution in [0.25, 0.3) is 10.9 Å². The smallest absolute Gasteiger partial charge is 0.146 e. The summed E-state index contributed by atoms with van der Waals surface area (Å²) in [4.78, 5) is 8.48. The molecule has 0 radical (unpaired) electrons. The van der Waals surface area contributed by atoms with E-state index in [1.165, 1.54) is 0 Å². The molecule has 0 aliphatic heterocycles. The van der Waals surface area contributed by atoms with Gasteiger partial charge in [0.15, 0.2) is 0 Å². The fourth-order valence-corrected chi connectivity index (χ4v) is 2.03. The van der Waals surface area contributed by atoms with Gasteiger partial charge in [0.2, 0.25) is 0 Å². The summed E-state index contributed by atoms with van der Waals surface area (Å²) in [5.74, 6) is 0.842. The summed E-state index contributed by atoms with van der Waals surface area (Å²) in [6.45, 7) is 1.89. The van der Waals surface area contributed by atoms with E-state index in [9.17, 15) is 5.11 Å². The molecular formula is C16H14N4O. The lowest BCUT2D eigenvalue weighted by atomic mass is 10.1. The molecule has 0 aliphatic carbocycles. The van der Waals surface area contributed by atoms with Crippen LogP contribution in [-0.4, -0.2) is 21.3 Å². The predicted molar refractivity (Wildman–Crippen MR) is 83.6 cm³/mol. The molecule has 0 amide bonds. The van der Waals surface area contributed by atoms with Crippen molar-refractivity contribution in [2.45, 2.75) is 6.92 Å². The number of phenolic OH excluding ortho intramolecular Hbond substituents is 1. The van der Waals surface area contributed by atoms with Gasteiger partial charge in [-0.1, -0.05) is 12.1 Å². The van der Waals surface area contributed by atoms with Gasteiger partial charge in [0.25, 0.3) is 0 Å². The molecule has 0 aliphatic rings. The first-order valence-corrected chi connectivity index (χ1v) is 6.53. The topological polar surface area (TPSA) is 70.4 Å². The molecule has 21 heavy (non-hydrogen) atoms. The molecule has 0 bridgehead atoms. The van der Waals surface area contributed by atoms with Crippen molar-refractivity contribution in [3.05, 3.63) is 59.9 Å². The summed E-state index contributed by atoms with van der Waals surface area (Å²) in [5, 5.41) is 14.9. The molecule has 104 valence electrons. The molecule has 1 aromatic carbocycles. The lowest BCUT2D eigenvalue weighted by molar-refractivity contribution is 0.480. The maximum atomic E-state index is 9.89. The number of hydrazone groups is 1. The van der Waals surface area contributed by atoms with Gasteiger partial charge in [0.05, 0.1) is 6.21 Å². The van der Waals surface area contributed by atoms with Gasteiger partial charge in [-0.3, -0.25) is 5.43 Å². The number of rotatable bonds is 3. The number of fused-ring (bicyclic) bond motifs is 1. The van der Waals surface area contributed by atoms with Crippen molar-refractivity contribution in [3.63, 3.8) is 0 Å². The van der Waals surface area contributed by atoms with Crippen molar-refractivity contribution in [1.82, 2.24) is 9.97 Å². The second-order valence-corrected chi connectivity index (χ2v) is 4.61. The summed E-state index contributed by atoms with van der Waals surface area (Å²) in [7, 11) is 0. The molecule has 3 rings (SSSR count). The molecular weight excluding hydrogens is 264 g/mol. The van der Waals surface area contributed by atoms with Gasteiger partial charge < -0.3 is 5.11 Å². The standard InChI is InChI=1S/C16H14N4O/c1-11-5-7-13-12(6-8-14(21)16(13)19-11)10-18-20-15-4-2-3-9-17-15/h2-10,21H,1H3,(H,17,20)/b18-10+. The number of nitrogens with one attached hydrogen (secondary N) is 1. The second kappa shape index (κ2) is 5.58. The third-order valence-electron chi connectivity index (χ3n) is 3.06. The largest absolute Gasteiger partial charge is 0.506 e. The Labute approximate surface area is 122 Å². The van der Waals surface area contributed by atoms with E-state index in [-0.39, 0.29) is 5.75 Å². The Morgan fingerprint density at radius 3 is 2.86 bits per heavy atom. The van der Waals surface area contributed by atoms with Crippen LogP contribution in [0.2, 0.25) is 0 Å². The lowest BCUT2D eigenvalue weighted by Gasteiger charge is -2.05. The van der Waals surface area contributed by atoms with E-state index in [1.807, 2.05) is 37.3 Å². The average Bonchev–Trinajstić information content (AvgIpc) is 2.51. The Kier molecular flexibility index (Phi) is 3.47. The number of phenols is 1. The van der Waals surface area contributed by atoms with Gasteiger partial charge in [-0.05, 0) is 37.3 Å². The fourth-order valence-electron chi connectivity index (χ4n) is 2.03. The van der Waals surface area contributed by atoms with Crippen LogP contribution in [-0.2, 0) is 0 Å². The fraction of sp³-hybridized carbons (Fsp3) is 0.0625. The van der Waals surface area contributed by atoms with E-state index < -0.39 is 0 Å². The maximum absolute atomic E-state index is 9.89. The molecule has 0 unspecified atom stereocenters. The molecule has 2 N–H and O–H groups in total. The van der Waals surface area contributed by atoms with E-state index in [2.05, 4.69) is 20.5 Å². The van der Waals surface area contributed by atoms with Gasteiger partial charge in [-0.25, -0.2) is 9.97 Å². The highest BCUT2D eigenvalue weighted by molar-refractivity contribution is 6.00. The van der Waals surface area contributed by atoms with Gasteiger partial charge in [0.1, 0.15) is 17.1 Å². The van der Waals surface area contributed by atoms with Crippen LogP contribution < -0.4 is 5.43 Å². The first kappa shape index (κ1) is 13.1. The predicted octanol–water partition coefficient (Wildman–Crippen LogP) is 3.09. The molecule has 0 fully saturated rings. The van der Waals surface area contributed by atoms with Crippen LogP contribution in [0.4, 0.5) is 5.82 Å². The normalized spacial score (nSPS) is 11.1. The monoisotopic (exact) mass is 278 g/mol. The van der Waals surface area contributed by atoms with E-state index in [4.69, 9.17) is 0 Å². The Morgan fingerprint density at radius 1 is 1.14 bits per heavy atom. The second-order valence-electron chi connectivity index (χ2n) is 4.61. The van der Waals surface area contributed by atoms with E-state index >= 15 is 0 Å². The van der Waals surface area contributed by atoms with Crippen molar-refractivity contribution in [1.29, 1.82) is 0 Å². The Balaban J connectivity index is 1.92. The van der Waals surface area contributed by atoms with Crippen molar-refractivity contribution in [3.8, 4) is 5.75 Å². The van der Waals surface area contributed by atoms with Crippen LogP contribution in [0.3, 0.4) is 0 Å². The molecule has 0 saturated carbocycles. The van der Waals surface area contributed by atoms with E-state index in [0.717, 1.165) is 16.6 Å². The third-order valence-corrected chi connectivity index (χ3v) is 3.06. The van der Waals surface area contributed by atoms with Crippen molar-refractivity contribution < 1.29 is 5.11 Å². The molecule has 2 aromatic heterocycles. The third kappa shape index (κ3) is 2.81. The molecule has 0 atom stereocenters. The zero-order chi connectivity index (χ0) is 14.7. The molecule has 0 saturated heterocycles. The van der Waals surface area contributed by atoms with Crippen LogP contribution in [0, 0.1) is 6.92 Å². The van der Waals surface area contributed by atoms with Crippen molar-refractivity contribution in [2.24, 2.45) is 5.10 Å².